The number of aromatic nitrogens is 5. The maximum absolute atomic E-state index is 12.2. The summed E-state index contributed by atoms with van der Waals surface area (Å²) in [6.07, 6.45) is 0. The third-order valence-electron chi connectivity index (χ3n) is 3.20. The second-order valence-corrected chi connectivity index (χ2v) is 6.49. The van der Waals surface area contributed by atoms with E-state index in [1.54, 1.807) is 24.6 Å². The first-order valence-corrected chi connectivity index (χ1v) is 8.20. The number of anilines is 1. The van der Waals surface area contributed by atoms with Gasteiger partial charge in [0.2, 0.25) is 16.9 Å². The molecule has 0 saturated heterocycles. The molecule has 0 unspecified atom stereocenters. The quantitative estimate of drug-likeness (QED) is 0.684. The molecule has 124 valence electrons. The van der Waals surface area contributed by atoms with Gasteiger partial charge in [-0.05, 0) is 29.8 Å². The first-order valence-electron chi connectivity index (χ1n) is 7.33. The molecule has 2 aromatic heterocycles. The first kappa shape index (κ1) is 16.2. The zero-order chi connectivity index (χ0) is 16.9. The number of amides is 1. The van der Waals surface area contributed by atoms with Crippen LogP contribution in [0.2, 0.25) is 0 Å². The average Bonchev–Trinajstić information content (AvgIpc) is 3.17. The molecule has 9 heteroatoms. The van der Waals surface area contributed by atoms with Crippen LogP contribution >= 0.6 is 11.8 Å². The van der Waals surface area contributed by atoms with Crippen LogP contribution in [-0.4, -0.2) is 36.5 Å². The molecular formula is C15H16N6O2S. The SMILES string of the molecule is Cc1cc(NC(=O)[C@@H](C)Sc2nnnn2Cc2ccccc2)on1. The molecule has 0 fully saturated rings. The fourth-order valence-electron chi connectivity index (χ4n) is 1.99. The number of hydrogen-bond donors (Lipinski definition) is 1. The first-order chi connectivity index (χ1) is 11.6. The van der Waals surface area contributed by atoms with E-state index in [1.807, 2.05) is 30.3 Å². The van der Waals surface area contributed by atoms with Gasteiger partial charge in [0, 0.05) is 6.07 Å². The van der Waals surface area contributed by atoms with Gasteiger partial charge in [-0.15, -0.1) is 5.10 Å². The average molecular weight is 344 g/mol. The van der Waals surface area contributed by atoms with Crippen LogP contribution in [0.4, 0.5) is 5.88 Å². The van der Waals surface area contributed by atoms with Crippen LogP contribution in [0.5, 0.6) is 0 Å². The Morgan fingerprint density at radius 2 is 2.17 bits per heavy atom. The molecule has 0 saturated carbocycles. The maximum atomic E-state index is 12.2. The highest BCUT2D eigenvalue weighted by Crippen LogP contribution is 2.22. The number of nitrogens with one attached hydrogen (secondary N) is 1. The number of tetrazole rings is 1. The van der Waals surface area contributed by atoms with Crippen molar-refractivity contribution in [1.82, 2.24) is 25.4 Å². The second kappa shape index (κ2) is 7.26. The minimum atomic E-state index is -0.393. The van der Waals surface area contributed by atoms with Gasteiger partial charge >= 0.3 is 0 Å². The van der Waals surface area contributed by atoms with Crippen molar-refractivity contribution in [2.24, 2.45) is 0 Å². The molecule has 0 aliphatic carbocycles. The van der Waals surface area contributed by atoms with E-state index >= 15 is 0 Å². The van der Waals surface area contributed by atoms with Crippen LogP contribution in [0.3, 0.4) is 0 Å². The van der Waals surface area contributed by atoms with Crippen molar-refractivity contribution in [3.05, 3.63) is 47.7 Å². The summed E-state index contributed by atoms with van der Waals surface area (Å²) in [6.45, 7) is 4.12. The van der Waals surface area contributed by atoms with Gasteiger partial charge in [-0.3, -0.25) is 10.1 Å². The summed E-state index contributed by atoms with van der Waals surface area (Å²) in [4.78, 5) is 12.2. The molecule has 3 aromatic rings. The van der Waals surface area contributed by atoms with E-state index in [9.17, 15) is 4.79 Å². The molecule has 3 rings (SSSR count). The molecule has 0 spiro atoms. The van der Waals surface area contributed by atoms with Gasteiger partial charge in [-0.25, -0.2) is 4.68 Å². The van der Waals surface area contributed by atoms with Crippen LogP contribution < -0.4 is 5.32 Å². The molecule has 1 N–H and O–H groups in total. The van der Waals surface area contributed by atoms with Crippen molar-refractivity contribution in [3.63, 3.8) is 0 Å². The Morgan fingerprint density at radius 1 is 1.38 bits per heavy atom. The van der Waals surface area contributed by atoms with Gasteiger partial charge in [0.1, 0.15) is 0 Å². The highest BCUT2D eigenvalue weighted by Gasteiger charge is 2.20. The lowest BCUT2D eigenvalue weighted by Crippen LogP contribution is -2.22. The van der Waals surface area contributed by atoms with Gasteiger partial charge in [0.05, 0.1) is 17.5 Å². The minimum Gasteiger partial charge on any atom is -0.338 e. The van der Waals surface area contributed by atoms with Gasteiger partial charge < -0.3 is 4.52 Å². The van der Waals surface area contributed by atoms with Crippen molar-refractivity contribution in [3.8, 4) is 0 Å². The van der Waals surface area contributed by atoms with E-state index in [0.717, 1.165) is 5.56 Å². The smallest absolute Gasteiger partial charge is 0.240 e. The molecule has 0 aliphatic heterocycles. The molecule has 1 aromatic carbocycles. The largest absolute Gasteiger partial charge is 0.338 e. The van der Waals surface area contributed by atoms with Crippen LogP contribution in [0.1, 0.15) is 18.2 Å². The molecule has 0 aliphatic rings. The number of benzene rings is 1. The maximum Gasteiger partial charge on any atom is 0.240 e. The number of carbonyl (C=O) groups is 1. The summed E-state index contributed by atoms with van der Waals surface area (Å²) in [5, 5.41) is 18.3. The highest BCUT2D eigenvalue weighted by molar-refractivity contribution is 8.00. The van der Waals surface area contributed by atoms with Gasteiger partial charge in [0.25, 0.3) is 0 Å². The standard InChI is InChI=1S/C15H16N6O2S/c1-10-8-13(23-18-10)16-14(22)11(2)24-15-17-19-20-21(15)9-12-6-4-3-5-7-12/h3-8,11H,9H2,1-2H3,(H,16,22)/t11-/m1/s1. The monoisotopic (exact) mass is 344 g/mol. The van der Waals surface area contributed by atoms with Crippen molar-refractivity contribution in [2.75, 3.05) is 5.32 Å². The fourth-order valence-corrected chi connectivity index (χ4v) is 2.78. The van der Waals surface area contributed by atoms with E-state index in [0.29, 0.717) is 23.3 Å². The normalized spacial score (nSPS) is 12.1. The summed E-state index contributed by atoms with van der Waals surface area (Å²) in [5.74, 6) is 0.124. The zero-order valence-corrected chi connectivity index (χ0v) is 14.0. The Hall–Kier alpha value is -2.68. The lowest BCUT2D eigenvalue weighted by molar-refractivity contribution is -0.115. The molecule has 8 nitrogen and oxygen atoms in total. The van der Waals surface area contributed by atoms with Crippen LogP contribution in [0.15, 0.2) is 46.1 Å². The van der Waals surface area contributed by atoms with Crippen molar-refractivity contribution >= 4 is 23.6 Å². The molecule has 24 heavy (non-hydrogen) atoms. The van der Waals surface area contributed by atoms with Gasteiger partial charge in [0.15, 0.2) is 0 Å². The van der Waals surface area contributed by atoms with Crippen LogP contribution in [0, 0.1) is 6.92 Å². The molecule has 0 bridgehead atoms. The van der Waals surface area contributed by atoms with E-state index in [-0.39, 0.29) is 5.91 Å². The summed E-state index contributed by atoms with van der Waals surface area (Å²) in [6, 6.07) is 11.5. The number of thioether (sulfide) groups is 1. The molecular weight excluding hydrogens is 328 g/mol. The second-order valence-electron chi connectivity index (χ2n) is 5.19. The Morgan fingerprint density at radius 3 is 2.88 bits per heavy atom. The van der Waals surface area contributed by atoms with Crippen molar-refractivity contribution in [1.29, 1.82) is 0 Å². The lowest BCUT2D eigenvalue weighted by atomic mass is 10.2. The summed E-state index contributed by atoms with van der Waals surface area (Å²) >= 11 is 1.28. The summed E-state index contributed by atoms with van der Waals surface area (Å²) in [7, 11) is 0. The third-order valence-corrected chi connectivity index (χ3v) is 4.27. The Bertz CT molecular complexity index is 816. The number of carbonyl (C=O) groups excluding carboxylic acids is 1. The predicted octanol–water partition coefficient (Wildman–Crippen LogP) is 2.14. The molecule has 0 radical (unpaired) electrons. The molecule has 2 heterocycles. The Kier molecular flexibility index (Phi) is 4.90. The number of aryl methyl sites for hydroxylation is 1. The minimum absolute atomic E-state index is 0.203. The third kappa shape index (κ3) is 3.99. The Labute approximate surface area is 142 Å². The van der Waals surface area contributed by atoms with E-state index in [4.69, 9.17) is 4.52 Å². The topological polar surface area (TPSA) is 98.7 Å². The Balaban J connectivity index is 1.63. The summed E-state index contributed by atoms with van der Waals surface area (Å²) in [5.41, 5.74) is 1.79. The van der Waals surface area contributed by atoms with E-state index < -0.39 is 5.25 Å². The van der Waals surface area contributed by atoms with Crippen molar-refractivity contribution < 1.29 is 9.32 Å². The number of hydrogen-bond acceptors (Lipinski definition) is 7. The highest BCUT2D eigenvalue weighted by atomic mass is 32.2. The van der Waals surface area contributed by atoms with Crippen molar-refractivity contribution in [2.45, 2.75) is 30.8 Å². The zero-order valence-electron chi connectivity index (χ0n) is 13.2. The lowest BCUT2D eigenvalue weighted by Gasteiger charge is -2.10. The number of rotatable bonds is 6. The van der Waals surface area contributed by atoms with E-state index in [2.05, 4.69) is 26.0 Å². The molecule has 1 amide bonds. The predicted molar refractivity (Wildman–Crippen MR) is 88.5 cm³/mol. The van der Waals surface area contributed by atoms with Gasteiger partial charge in [-0.1, -0.05) is 47.3 Å². The van der Waals surface area contributed by atoms with Gasteiger partial charge in [-0.2, -0.15) is 0 Å². The van der Waals surface area contributed by atoms with E-state index in [1.165, 1.54) is 11.8 Å². The number of nitrogens with zero attached hydrogens (tertiary/aromatic N) is 5. The molecule has 1 atom stereocenters. The summed E-state index contributed by atoms with van der Waals surface area (Å²) < 4.78 is 6.66. The van der Waals surface area contributed by atoms with Crippen LogP contribution in [-0.2, 0) is 11.3 Å². The fraction of sp³-hybridized carbons (Fsp3) is 0.267. The van der Waals surface area contributed by atoms with Crippen LogP contribution in [0.25, 0.3) is 0 Å².